The molecule has 4 aromatic rings. The zero-order valence-corrected chi connectivity index (χ0v) is 20.1. The summed E-state index contributed by atoms with van der Waals surface area (Å²) in [5.41, 5.74) is 5.66. The number of benzene rings is 4. The van der Waals surface area contributed by atoms with Gasteiger partial charge in [-0.05, 0) is 54.4 Å². The van der Waals surface area contributed by atoms with Crippen molar-refractivity contribution in [3.63, 3.8) is 0 Å². The molecule has 176 valence electrons. The van der Waals surface area contributed by atoms with Gasteiger partial charge in [0.2, 0.25) is 0 Å². The molecule has 1 aliphatic heterocycles. The van der Waals surface area contributed by atoms with Gasteiger partial charge in [-0.2, -0.15) is 0 Å². The van der Waals surface area contributed by atoms with Crippen molar-refractivity contribution in [3.05, 3.63) is 119 Å². The smallest absolute Gasteiger partial charge is 0.262 e. The number of carbonyl (C=O) groups excluding carboxylic acids is 1. The van der Waals surface area contributed by atoms with Crippen LogP contribution in [-0.2, 0) is 6.54 Å². The fraction of sp³-hybridized carbons (Fsp3) is 0.167. The van der Waals surface area contributed by atoms with Gasteiger partial charge >= 0.3 is 0 Å². The van der Waals surface area contributed by atoms with Crippen LogP contribution in [0.3, 0.4) is 0 Å². The van der Waals surface area contributed by atoms with Gasteiger partial charge in [0.25, 0.3) is 5.91 Å². The highest BCUT2D eigenvalue weighted by atomic mass is 16.5. The van der Waals surface area contributed by atoms with Crippen molar-refractivity contribution in [2.75, 3.05) is 24.0 Å². The van der Waals surface area contributed by atoms with E-state index in [4.69, 9.17) is 9.47 Å². The molecular weight excluding hydrogens is 436 g/mol. The van der Waals surface area contributed by atoms with E-state index in [1.54, 1.807) is 14.2 Å². The Hall–Kier alpha value is -4.25. The molecule has 0 N–H and O–H groups in total. The number of fused-ring (bicyclic) bond motifs is 1. The largest absolute Gasteiger partial charge is 0.493 e. The number of nitrogens with zero attached hydrogens (tertiary/aromatic N) is 2. The van der Waals surface area contributed by atoms with Crippen molar-refractivity contribution >= 4 is 17.3 Å². The van der Waals surface area contributed by atoms with Crippen LogP contribution in [0.4, 0.5) is 11.4 Å². The maximum Gasteiger partial charge on any atom is 0.262 e. The van der Waals surface area contributed by atoms with Gasteiger partial charge in [-0.1, -0.05) is 66.2 Å². The summed E-state index contributed by atoms with van der Waals surface area (Å²) in [6, 6.07) is 32.1. The molecule has 0 radical (unpaired) electrons. The molecule has 1 atom stereocenters. The standard InChI is InChI=1S/C30H28N2O3/c1-21-13-16-24(17-14-21)32-29(23-15-18-27(34-2)28(19-23)35-3)31(20-22-9-5-4-6-10-22)26-12-8-7-11-25(26)30(32)33/h4-19,29H,20H2,1-3H3/t29-/m1/s1. The summed E-state index contributed by atoms with van der Waals surface area (Å²) >= 11 is 0. The van der Waals surface area contributed by atoms with E-state index in [9.17, 15) is 4.79 Å². The van der Waals surface area contributed by atoms with E-state index in [0.717, 1.165) is 28.1 Å². The molecule has 1 aliphatic rings. The molecule has 1 heterocycles. The SMILES string of the molecule is COc1ccc([C@@H]2N(Cc3ccccc3)c3ccccc3C(=O)N2c2ccc(C)cc2)cc1OC. The third kappa shape index (κ3) is 4.21. The summed E-state index contributed by atoms with van der Waals surface area (Å²) in [5.74, 6) is 1.24. The monoisotopic (exact) mass is 464 g/mol. The van der Waals surface area contributed by atoms with Crippen LogP contribution in [0.1, 0.15) is 33.2 Å². The van der Waals surface area contributed by atoms with E-state index in [1.807, 2.05) is 96.8 Å². The van der Waals surface area contributed by atoms with Crippen LogP contribution >= 0.6 is 0 Å². The third-order valence-electron chi connectivity index (χ3n) is 6.42. The van der Waals surface area contributed by atoms with Gasteiger partial charge in [0.15, 0.2) is 11.5 Å². The van der Waals surface area contributed by atoms with Crippen LogP contribution in [0.5, 0.6) is 11.5 Å². The molecule has 0 saturated carbocycles. The number of para-hydroxylation sites is 1. The lowest BCUT2D eigenvalue weighted by molar-refractivity contribution is 0.0968. The van der Waals surface area contributed by atoms with Crippen LogP contribution in [0.15, 0.2) is 97.1 Å². The Morgan fingerprint density at radius 2 is 1.46 bits per heavy atom. The first-order chi connectivity index (χ1) is 17.1. The molecule has 35 heavy (non-hydrogen) atoms. The zero-order valence-electron chi connectivity index (χ0n) is 20.1. The third-order valence-corrected chi connectivity index (χ3v) is 6.42. The number of carbonyl (C=O) groups is 1. The van der Waals surface area contributed by atoms with Gasteiger partial charge in [0.1, 0.15) is 6.17 Å². The number of anilines is 2. The average molecular weight is 465 g/mol. The molecule has 4 aromatic carbocycles. The Balaban J connectivity index is 1.73. The normalized spacial score (nSPS) is 15.1. The molecule has 5 nitrogen and oxygen atoms in total. The number of hydrogen-bond donors (Lipinski definition) is 0. The molecule has 0 saturated heterocycles. The molecule has 0 bridgehead atoms. The van der Waals surface area contributed by atoms with E-state index in [1.165, 1.54) is 0 Å². The minimum absolute atomic E-state index is 0.0338. The molecule has 0 unspecified atom stereocenters. The van der Waals surface area contributed by atoms with Crippen LogP contribution in [-0.4, -0.2) is 20.1 Å². The minimum atomic E-state index is -0.389. The van der Waals surface area contributed by atoms with Crippen LogP contribution < -0.4 is 19.3 Å². The number of aryl methyl sites for hydroxylation is 1. The number of amides is 1. The number of rotatable bonds is 6. The van der Waals surface area contributed by atoms with E-state index in [2.05, 4.69) is 17.0 Å². The molecule has 0 spiro atoms. The molecule has 0 fully saturated rings. The van der Waals surface area contributed by atoms with Crippen molar-refractivity contribution in [3.8, 4) is 11.5 Å². The fourth-order valence-corrected chi connectivity index (χ4v) is 4.67. The maximum absolute atomic E-state index is 14.0. The zero-order chi connectivity index (χ0) is 24.4. The van der Waals surface area contributed by atoms with Crippen LogP contribution in [0.25, 0.3) is 0 Å². The molecule has 5 rings (SSSR count). The topological polar surface area (TPSA) is 42.0 Å². The average Bonchev–Trinajstić information content (AvgIpc) is 2.91. The van der Waals surface area contributed by atoms with Crippen molar-refractivity contribution in [1.29, 1.82) is 0 Å². The second-order valence-electron chi connectivity index (χ2n) is 8.63. The summed E-state index contributed by atoms with van der Waals surface area (Å²) in [5, 5.41) is 0. The summed E-state index contributed by atoms with van der Waals surface area (Å²) in [6.07, 6.45) is -0.389. The van der Waals surface area contributed by atoms with Crippen molar-refractivity contribution in [2.24, 2.45) is 0 Å². The van der Waals surface area contributed by atoms with Crippen molar-refractivity contribution in [2.45, 2.75) is 19.6 Å². The maximum atomic E-state index is 14.0. The van der Waals surface area contributed by atoms with Gasteiger partial charge in [0.05, 0.1) is 25.5 Å². The highest BCUT2D eigenvalue weighted by molar-refractivity contribution is 6.12. The number of hydrogen-bond acceptors (Lipinski definition) is 4. The Morgan fingerprint density at radius 1 is 0.771 bits per heavy atom. The lowest BCUT2D eigenvalue weighted by atomic mass is 9.98. The quantitative estimate of drug-likeness (QED) is 0.332. The van der Waals surface area contributed by atoms with Gasteiger partial charge < -0.3 is 14.4 Å². The van der Waals surface area contributed by atoms with Crippen molar-refractivity contribution in [1.82, 2.24) is 0 Å². The summed E-state index contributed by atoms with van der Waals surface area (Å²) in [6.45, 7) is 2.68. The lowest BCUT2D eigenvalue weighted by Crippen LogP contribution is -2.49. The Kier molecular flexibility index (Phi) is 6.15. The first-order valence-corrected chi connectivity index (χ1v) is 11.6. The molecule has 1 amide bonds. The van der Waals surface area contributed by atoms with E-state index >= 15 is 0 Å². The molecule has 5 heteroatoms. The molecule has 0 aromatic heterocycles. The fourth-order valence-electron chi connectivity index (χ4n) is 4.67. The highest BCUT2D eigenvalue weighted by Crippen LogP contribution is 2.44. The molecule has 0 aliphatic carbocycles. The van der Waals surface area contributed by atoms with Gasteiger partial charge in [0, 0.05) is 12.2 Å². The Labute approximate surface area is 206 Å². The summed E-state index contributed by atoms with van der Waals surface area (Å²) < 4.78 is 11.1. The molecular formula is C30H28N2O3. The number of methoxy groups -OCH3 is 2. The van der Waals surface area contributed by atoms with Crippen LogP contribution in [0, 0.1) is 6.92 Å². The second-order valence-corrected chi connectivity index (χ2v) is 8.63. The van der Waals surface area contributed by atoms with E-state index in [0.29, 0.717) is 23.6 Å². The minimum Gasteiger partial charge on any atom is -0.493 e. The Morgan fingerprint density at radius 3 is 2.17 bits per heavy atom. The summed E-state index contributed by atoms with van der Waals surface area (Å²) in [7, 11) is 3.25. The Bertz CT molecular complexity index is 1340. The number of ether oxygens (including phenoxy) is 2. The van der Waals surface area contributed by atoms with Crippen LogP contribution in [0.2, 0.25) is 0 Å². The highest BCUT2D eigenvalue weighted by Gasteiger charge is 2.39. The first-order valence-electron chi connectivity index (χ1n) is 11.6. The van der Waals surface area contributed by atoms with E-state index < -0.39 is 0 Å². The predicted octanol–water partition coefficient (Wildman–Crippen LogP) is 6.38. The van der Waals surface area contributed by atoms with E-state index in [-0.39, 0.29) is 12.1 Å². The lowest BCUT2D eigenvalue weighted by Gasteiger charge is -2.46. The van der Waals surface area contributed by atoms with Crippen molar-refractivity contribution < 1.29 is 14.3 Å². The van der Waals surface area contributed by atoms with Gasteiger partial charge in [-0.15, -0.1) is 0 Å². The second kappa shape index (κ2) is 9.55. The van der Waals surface area contributed by atoms with Gasteiger partial charge in [-0.25, -0.2) is 0 Å². The summed E-state index contributed by atoms with van der Waals surface area (Å²) in [4.78, 5) is 18.2. The first kappa shape index (κ1) is 22.5. The predicted molar refractivity (Wildman–Crippen MR) is 139 cm³/mol. The van der Waals surface area contributed by atoms with Gasteiger partial charge in [-0.3, -0.25) is 9.69 Å².